The number of hydrogen-bond donors (Lipinski definition) is 1. The van der Waals surface area contributed by atoms with Crippen molar-refractivity contribution in [1.29, 1.82) is 0 Å². The van der Waals surface area contributed by atoms with Gasteiger partial charge in [-0.3, -0.25) is 9.59 Å². The lowest BCUT2D eigenvalue weighted by Crippen LogP contribution is -2.28. The van der Waals surface area contributed by atoms with Crippen LogP contribution in [0, 0.1) is 5.92 Å². The molecule has 2 atom stereocenters. The van der Waals surface area contributed by atoms with E-state index in [4.69, 9.17) is 4.74 Å². The number of nitrogens with one attached hydrogen (secondary N) is 1. The summed E-state index contributed by atoms with van der Waals surface area (Å²) in [5, 5.41) is 2.95. The smallest absolute Gasteiger partial charge is 0.338 e. The SMILES string of the molecule is C[C@@H](NC(=O)c1ccccc1C(=O)OC[C@@H]1CC(=O)N(c2ccc(C(C)(C)C)cc2)C1)c1ccccc1. The van der Waals surface area contributed by atoms with Gasteiger partial charge in [-0.05, 0) is 47.7 Å². The highest BCUT2D eigenvalue weighted by atomic mass is 16.5. The van der Waals surface area contributed by atoms with Crippen LogP contribution in [-0.2, 0) is 14.9 Å². The van der Waals surface area contributed by atoms with Crippen LogP contribution in [0.5, 0.6) is 0 Å². The fourth-order valence-corrected chi connectivity index (χ4v) is 4.51. The van der Waals surface area contributed by atoms with E-state index in [1.807, 2.05) is 49.4 Å². The summed E-state index contributed by atoms with van der Waals surface area (Å²) in [6, 6.07) is 24.1. The summed E-state index contributed by atoms with van der Waals surface area (Å²) in [6.07, 6.45) is 0.311. The molecular formula is C31H34N2O4. The number of anilines is 1. The van der Waals surface area contributed by atoms with Gasteiger partial charge < -0.3 is 15.0 Å². The second-order valence-corrected chi connectivity index (χ2v) is 10.6. The highest BCUT2D eigenvalue weighted by molar-refractivity contribution is 6.05. The summed E-state index contributed by atoms with van der Waals surface area (Å²) in [7, 11) is 0. The Bertz CT molecular complexity index is 1260. The molecule has 1 N–H and O–H groups in total. The van der Waals surface area contributed by atoms with Gasteiger partial charge in [-0.2, -0.15) is 0 Å². The molecular weight excluding hydrogens is 464 g/mol. The third-order valence-electron chi connectivity index (χ3n) is 6.74. The van der Waals surface area contributed by atoms with Gasteiger partial charge in [-0.15, -0.1) is 0 Å². The second-order valence-electron chi connectivity index (χ2n) is 10.6. The molecule has 1 heterocycles. The van der Waals surface area contributed by atoms with Gasteiger partial charge >= 0.3 is 5.97 Å². The molecule has 0 bridgehead atoms. The predicted octanol–water partition coefficient (Wildman–Crippen LogP) is 5.69. The van der Waals surface area contributed by atoms with E-state index >= 15 is 0 Å². The number of esters is 1. The second kappa shape index (κ2) is 11.0. The number of hydrogen-bond acceptors (Lipinski definition) is 4. The molecule has 3 aromatic rings. The van der Waals surface area contributed by atoms with Crippen LogP contribution in [0.1, 0.15) is 72.0 Å². The maximum absolute atomic E-state index is 13.0. The molecule has 0 radical (unpaired) electrons. The number of carbonyl (C=O) groups excluding carboxylic acids is 3. The van der Waals surface area contributed by atoms with Gasteiger partial charge in [0.05, 0.1) is 23.8 Å². The van der Waals surface area contributed by atoms with Crippen molar-refractivity contribution in [2.75, 3.05) is 18.1 Å². The first-order valence-electron chi connectivity index (χ1n) is 12.7. The fraction of sp³-hybridized carbons (Fsp3) is 0.323. The first-order chi connectivity index (χ1) is 17.6. The molecule has 1 aliphatic heterocycles. The highest BCUT2D eigenvalue weighted by Crippen LogP contribution is 2.29. The Morgan fingerprint density at radius 2 is 1.57 bits per heavy atom. The Balaban J connectivity index is 1.37. The lowest BCUT2D eigenvalue weighted by molar-refractivity contribution is -0.117. The summed E-state index contributed by atoms with van der Waals surface area (Å²) < 4.78 is 5.59. The van der Waals surface area contributed by atoms with E-state index in [9.17, 15) is 14.4 Å². The van der Waals surface area contributed by atoms with Crippen LogP contribution < -0.4 is 10.2 Å². The molecule has 1 aliphatic rings. The van der Waals surface area contributed by atoms with Crippen LogP contribution in [-0.4, -0.2) is 30.9 Å². The van der Waals surface area contributed by atoms with Crippen LogP contribution in [0.25, 0.3) is 0 Å². The van der Waals surface area contributed by atoms with E-state index in [0.29, 0.717) is 13.0 Å². The van der Waals surface area contributed by atoms with Crippen molar-refractivity contribution in [3.63, 3.8) is 0 Å². The standard InChI is InChI=1S/C31H34N2O4/c1-21(23-10-6-5-7-11-23)32-29(35)26-12-8-9-13-27(26)30(36)37-20-22-18-28(34)33(19-22)25-16-14-24(15-17-25)31(2,3)4/h5-17,21-22H,18-20H2,1-4H3,(H,32,35)/t21-,22-/m1/s1. The quantitative estimate of drug-likeness (QED) is 0.425. The van der Waals surface area contributed by atoms with Gasteiger partial charge in [0, 0.05) is 24.6 Å². The molecule has 6 nitrogen and oxygen atoms in total. The van der Waals surface area contributed by atoms with E-state index in [2.05, 4.69) is 38.2 Å². The largest absolute Gasteiger partial charge is 0.462 e. The minimum Gasteiger partial charge on any atom is -0.462 e. The van der Waals surface area contributed by atoms with Crippen LogP contribution >= 0.6 is 0 Å². The van der Waals surface area contributed by atoms with Gasteiger partial charge in [0.25, 0.3) is 5.91 Å². The number of ether oxygens (including phenoxy) is 1. The van der Waals surface area contributed by atoms with Crippen molar-refractivity contribution in [2.24, 2.45) is 5.92 Å². The third kappa shape index (κ3) is 6.26. The molecule has 3 aromatic carbocycles. The Labute approximate surface area is 218 Å². The third-order valence-corrected chi connectivity index (χ3v) is 6.74. The van der Waals surface area contributed by atoms with Gasteiger partial charge in [-0.1, -0.05) is 75.4 Å². The van der Waals surface area contributed by atoms with Crippen molar-refractivity contribution < 1.29 is 19.1 Å². The Hall–Kier alpha value is -3.93. The van der Waals surface area contributed by atoms with Crippen LogP contribution in [0.15, 0.2) is 78.9 Å². The summed E-state index contributed by atoms with van der Waals surface area (Å²) >= 11 is 0. The van der Waals surface area contributed by atoms with Gasteiger partial charge in [-0.25, -0.2) is 4.79 Å². The van der Waals surface area contributed by atoms with Gasteiger partial charge in [0.1, 0.15) is 0 Å². The fourth-order valence-electron chi connectivity index (χ4n) is 4.51. The molecule has 6 heteroatoms. The van der Waals surface area contributed by atoms with E-state index < -0.39 is 5.97 Å². The van der Waals surface area contributed by atoms with Crippen molar-refractivity contribution in [2.45, 2.75) is 45.6 Å². The Kier molecular flexibility index (Phi) is 7.77. The number of carbonyl (C=O) groups is 3. The summed E-state index contributed by atoms with van der Waals surface area (Å²) in [6.45, 7) is 8.94. The Morgan fingerprint density at radius 1 is 0.946 bits per heavy atom. The maximum Gasteiger partial charge on any atom is 0.338 e. The monoisotopic (exact) mass is 498 g/mol. The first kappa shape index (κ1) is 26.1. The molecule has 192 valence electrons. The summed E-state index contributed by atoms with van der Waals surface area (Å²) in [4.78, 5) is 40.3. The molecule has 1 fully saturated rings. The lowest BCUT2D eigenvalue weighted by Gasteiger charge is -2.21. The average Bonchev–Trinajstić information content (AvgIpc) is 3.27. The van der Waals surface area contributed by atoms with Gasteiger partial charge in [0.15, 0.2) is 0 Å². The molecule has 1 saturated heterocycles. The zero-order valence-electron chi connectivity index (χ0n) is 21.9. The van der Waals surface area contributed by atoms with Crippen LogP contribution in [0.2, 0.25) is 0 Å². The molecule has 0 unspecified atom stereocenters. The molecule has 0 spiro atoms. The number of amides is 2. The summed E-state index contributed by atoms with van der Waals surface area (Å²) in [5.74, 6) is -1.01. The molecule has 0 aliphatic carbocycles. The van der Waals surface area contributed by atoms with E-state index in [1.54, 1.807) is 29.2 Å². The maximum atomic E-state index is 13.0. The van der Waals surface area contributed by atoms with Gasteiger partial charge in [0.2, 0.25) is 5.91 Å². The van der Waals surface area contributed by atoms with E-state index in [-0.39, 0.29) is 46.9 Å². The van der Waals surface area contributed by atoms with Crippen molar-refractivity contribution in [3.8, 4) is 0 Å². The highest BCUT2D eigenvalue weighted by Gasteiger charge is 2.32. The molecule has 4 rings (SSSR count). The number of benzene rings is 3. The van der Waals surface area contributed by atoms with E-state index in [1.165, 1.54) is 5.56 Å². The zero-order valence-corrected chi connectivity index (χ0v) is 21.9. The van der Waals surface area contributed by atoms with Crippen molar-refractivity contribution in [1.82, 2.24) is 5.32 Å². The Morgan fingerprint density at radius 3 is 2.22 bits per heavy atom. The van der Waals surface area contributed by atoms with Crippen molar-refractivity contribution >= 4 is 23.5 Å². The molecule has 2 amide bonds. The van der Waals surface area contributed by atoms with Crippen LogP contribution in [0.3, 0.4) is 0 Å². The number of rotatable bonds is 7. The number of nitrogens with zero attached hydrogens (tertiary/aromatic N) is 1. The average molecular weight is 499 g/mol. The molecule has 0 aromatic heterocycles. The molecule has 37 heavy (non-hydrogen) atoms. The topological polar surface area (TPSA) is 75.7 Å². The minimum absolute atomic E-state index is 0.0132. The zero-order chi connectivity index (χ0) is 26.6. The normalized spacial score (nSPS) is 16.4. The lowest BCUT2D eigenvalue weighted by atomic mass is 9.87. The van der Waals surface area contributed by atoms with Crippen molar-refractivity contribution in [3.05, 3.63) is 101 Å². The first-order valence-corrected chi connectivity index (χ1v) is 12.7. The minimum atomic E-state index is -0.571. The van der Waals surface area contributed by atoms with E-state index in [0.717, 1.165) is 11.3 Å². The predicted molar refractivity (Wildman–Crippen MR) is 145 cm³/mol. The molecule has 0 saturated carbocycles. The summed E-state index contributed by atoms with van der Waals surface area (Å²) in [5.41, 5.74) is 3.53. The van der Waals surface area contributed by atoms with Crippen LogP contribution in [0.4, 0.5) is 5.69 Å².